The second-order valence-electron chi connectivity index (χ2n) is 8.78. The van der Waals surface area contributed by atoms with Crippen LogP contribution in [0.4, 0.5) is 4.39 Å². The Morgan fingerprint density at radius 1 is 1.00 bits per heavy atom. The minimum Gasteiger partial charge on any atom is -0.486 e. The summed E-state index contributed by atoms with van der Waals surface area (Å²) < 4.78 is 50.1. The first-order valence-corrected chi connectivity index (χ1v) is 12.9. The van der Waals surface area contributed by atoms with Crippen molar-refractivity contribution < 1.29 is 32.2 Å². The van der Waals surface area contributed by atoms with Crippen molar-refractivity contribution in [2.75, 3.05) is 6.26 Å². The van der Waals surface area contributed by atoms with Gasteiger partial charge in [0, 0.05) is 17.4 Å². The summed E-state index contributed by atoms with van der Waals surface area (Å²) in [6, 6.07) is 16.4. The number of hydrogen-bond donors (Lipinski definition) is 1. The molecule has 0 spiro atoms. The van der Waals surface area contributed by atoms with Crippen LogP contribution in [0.2, 0.25) is 0 Å². The molecule has 0 radical (unpaired) electrons. The van der Waals surface area contributed by atoms with Gasteiger partial charge in [0.05, 0.1) is 10.8 Å². The highest BCUT2D eigenvalue weighted by molar-refractivity contribution is 7.90. The third-order valence-electron chi connectivity index (χ3n) is 6.41. The smallest absolute Gasteiger partial charge is 0.307 e. The van der Waals surface area contributed by atoms with Crippen LogP contribution in [-0.2, 0) is 21.1 Å². The van der Waals surface area contributed by atoms with Crippen LogP contribution in [-0.4, -0.2) is 25.7 Å². The average Bonchev–Trinajstić information content (AvgIpc) is 3.50. The van der Waals surface area contributed by atoms with E-state index in [4.69, 9.17) is 14.6 Å². The quantitative estimate of drug-likeness (QED) is 0.493. The van der Waals surface area contributed by atoms with Gasteiger partial charge in [-0.05, 0) is 79.3 Å². The Kier molecular flexibility index (Phi) is 5.56. The molecule has 34 heavy (non-hydrogen) atoms. The fourth-order valence-electron chi connectivity index (χ4n) is 4.53. The van der Waals surface area contributed by atoms with E-state index >= 15 is 0 Å². The largest absolute Gasteiger partial charge is 0.486 e. The zero-order valence-corrected chi connectivity index (χ0v) is 19.2. The number of carboxylic acid groups (broad SMARTS) is 1. The molecular formula is C26H23FO6S. The van der Waals surface area contributed by atoms with Crippen LogP contribution in [0.5, 0.6) is 17.2 Å². The van der Waals surface area contributed by atoms with Gasteiger partial charge in [-0.15, -0.1) is 0 Å². The van der Waals surface area contributed by atoms with Crippen LogP contribution < -0.4 is 9.47 Å². The van der Waals surface area contributed by atoms with E-state index in [2.05, 4.69) is 0 Å². The summed E-state index contributed by atoms with van der Waals surface area (Å²) in [6.07, 6.45) is 2.49. The van der Waals surface area contributed by atoms with Crippen molar-refractivity contribution in [1.29, 1.82) is 0 Å². The molecule has 3 aromatic rings. The predicted octanol–water partition coefficient (Wildman–Crippen LogP) is 5.28. The number of carboxylic acids is 1. The van der Waals surface area contributed by atoms with Crippen molar-refractivity contribution in [3.8, 4) is 17.2 Å². The number of rotatable bonds is 7. The van der Waals surface area contributed by atoms with Crippen molar-refractivity contribution >= 4 is 15.8 Å². The minimum atomic E-state index is -3.30. The normalized spacial score (nSPS) is 21.1. The monoisotopic (exact) mass is 482 g/mol. The van der Waals surface area contributed by atoms with Gasteiger partial charge in [0.1, 0.15) is 29.2 Å². The maximum absolute atomic E-state index is 14.8. The van der Waals surface area contributed by atoms with Gasteiger partial charge < -0.3 is 14.6 Å². The van der Waals surface area contributed by atoms with Gasteiger partial charge in [0.2, 0.25) is 0 Å². The number of benzene rings is 3. The molecule has 0 bridgehead atoms. The van der Waals surface area contributed by atoms with Gasteiger partial charge >= 0.3 is 5.97 Å². The second kappa shape index (κ2) is 8.43. The Morgan fingerprint density at radius 2 is 1.68 bits per heavy atom. The summed E-state index contributed by atoms with van der Waals surface area (Å²) in [7, 11) is -3.30. The van der Waals surface area contributed by atoms with Crippen LogP contribution in [0.3, 0.4) is 0 Å². The van der Waals surface area contributed by atoms with Gasteiger partial charge in [-0.1, -0.05) is 12.1 Å². The minimum absolute atomic E-state index is 0.0439. The van der Waals surface area contributed by atoms with Crippen molar-refractivity contribution in [2.24, 2.45) is 5.92 Å². The van der Waals surface area contributed by atoms with E-state index in [1.165, 1.54) is 18.2 Å². The van der Waals surface area contributed by atoms with Gasteiger partial charge in [-0.2, -0.15) is 0 Å². The molecule has 2 aliphatic rings. The molecule has 0 heterocycles. The molecule has 0 aliphatic heterocycles. The van der Waals surface area contributed by atoms with Crippen molar-refractivity contribution in [3.63, 3.8) is 0 Å². The first-order valence-electron chi connectivity index (χ1n) is 11.0. The average molecular weight is 483 g/mol. The van der Waals surface area contributed by atoms with Crippen molar-refractivity contribution in [3.05, 3.63) is 83.2 Å². The number of fused-ring (bicyclic) bond motifs is 1. The zero-order valence-electron chi connectivity index (χ0n) is 18.4. The van der Waals surface area contributed by atoms with Gasteiger partial charge in [0.25, 0.3) is 0 Å². The summed E-state index contributed by atoms with van der Waals surface area (Å²) in [4.78, 5) is 11.3. The second-order valence-corrected chi connectivity index (χ2v) is 10.8. The molecule has 0 amide bonds. The molecule has 8 heteroatoms. The van der Waals surface area contributed by atoms with Gasteiger partial charge in [0.15, 0.2) is 9.84 Å². The molecular weight excluding hydrogens is 459 g/mol. The number of aliphatic carboxylic acids is 1. The molecule has 3 aromatic carbocycles. The summed E-state index contributed by atoms with van der Waals surface area (Å²) in [6.45, 7) is 0. The van der Waals surface area contributed by atoms with Gasteiger partial charge in [-0.25, -0.2) is 12.8 Å². The topological polar surface area (TPSA) is 89.9 Å². The van der Waals surface area contributed by atoms with Crippen molar-refractivity contribution in [2.45, 2.75) is 36.2 Å². The maximum Gasteiger partial charge on any atom is 0.307 e. The summed E-state index contributed by atoms with van der Waals surface area (Å²) in [5, 5.41) is 9.11. The highest BCUT2D eigenvalue weighted by Gasteiger charge is 2.44. The molecule has 1 saturated carbocycles. The predicted molar refractivity (Wildman–Crippen MR) is 123 cm³/mol. The van der Waals surface area contributed by atoms with Crippen LogP contribution in [0.25, 0.3) is 0 Å². The highest BCUT2D eigenvalue weighted by atomic mass is 32.2. The first kappa shape index (κ1) is 22.4. The van der Waals surface area contributed by atoms with Crippen LogP contribution in [0.15, 0.2) is 65.6 Å². The fourth-order valence-corrected chi connectivity index (χ4v) is 5.16. The number of ether oxygens (including phenoxy) is 2. The third-order valence-corrected chi connectivity index (χ3v) is 7.54. The molecule has 0 aromatic heterocycles. The molecule has 176 valence electrons. The number of carbonyl (C=O) groups is 1. The number of halogens is 1. The number of sulfone groups is 1. The maximum atomic E-state index is 14.8. The number of hydrogen-bond acceptors (Lipinski definition) is 5. The standard InChI is InChI=1S/C26H23FO6S/c1-34(30,31)18-8-6-17(7-9-18)32-23-13-11-22(27)25-19(23)10-12-24(25)33-16-4-2-15(3-5-16)20-14-21(20)26(28)29/h2-9,11,13,20-21,24H,10,12,14H2,1H3,(H,28,29)/t20-,21+,24-/m1/s1. The zero-order chi connectivity index (χ0) is 24.0. The fraction of sp³-hybridized carbons (Fsp3) is 0.269. The van der Waals surface area contributed by atoms with Crippen LogP contribution in [0, 0.1) is 11.7 Å². The molecule has 0 saturated heterocycles. The molecule has 0 unspecified atom stereocenters. The molecule has 1 fully saturated rings. The Balaban J connectivity index is 1.32. The van der Waals surface area contributed by atoms with E-state index in [0.29, 0.717) is 42.1 Å². The SMILES string of the molecule is CS(=O)(=O)c1ccc(Oc2ccc(F)c3c2CC[C@H]3Oc2ccc([C@H]3C[C@@H]3C(=O)O)cc2)cc1. The van der Waals surface area contributed by atoms with E-state index in [1.807, 2.05) is 12.1 Å². The molecule has 3 atom stereocenters. The third kappa shape index (κ3) is 4.37. The molecule has 1 N–H and O–H groups in total. The lowest BCUT2D eigenvalue weighted by atomic mass is 10.1. The van der Waals surface area contributed by atoms with E-state index < -0.39 is 21.9 Å². The summed E-state index contributed by atoms with van der Waals surface area (Å²) >= 11 is 0. The Morgan fingerprint density at radius 3 is 2.29 bits per heavy atom. The molecule has 6 nitrogen and oxygen atoms in total. The molecule has 5 rings (SSSR count). The summed E-state index contributed by atoms with van der Waals surface area (Å²) in [5.41, 5.74) is 2.16. The lowest BCUT2D eigenvalue weighted by Crippen LogP contribution is -2.06. The van der Waals surface area contributed by atoms with E-state index in [9.17, 15) is 17.6 Å². The summed E-state index contributed by atoms with van der Waals surface area (Å²) in [5.74, 6) is 0.158. The first-order chi connectivity index (χ1) is 16.2. The Labute approximate surface area is 196 Å². The Bertz CT molecular complexity index is 1350. The lowest BCUT2D eigenvalue weighted by Gasteiger charge is -2.17. The van der Waals surface area contributed by atoms with Crippen molar-refractivity contribution in [1.82, 2.24) is 0 Å². The van der Waals surface area contributed by atoms with E-state index in [0.717, 1.165) is 17.4 Å². The lowest BCUT2D eigenvalue weighted by molar-refractivity contribution is -0.138. The van der Waals surface area contributed by atoms with Crippen LogP contribution >= 0.6 is 0 Å². The van der Waals surface area contributed by atoms with E-state index in [1.54, 1.807) is 30.3 Å². The van der Waals surface area contributed by atoms with Gasteiger partial charge in [-0.3, -0.25) is 4.79 Å². The van der Waals surface area contributed by atoms with Crippen LogP contribution in [0.1, 0.15) is 41.6 Å². The van der Waals surface area contributed by atoms with E-state index in [-0.39, 0.29) is 22.5 Å². The Hall–Kier alpha value is -3.39. The molecule has 2 aliphatic carbocycles. The highest BCUT2D eigenvalue weighted by Crippen LogP contribution is 2.48.